The van der Waals surface area contributed by atoms with Gasteiger partial charge in [-0.25, -0.2) is 4.99 Å². The maximum Gasteiger partial charge on any atom is 0.269 e. The van der Waals surface area contributed by atoms with E-state index in [1.807, 2.05) is 50.4 Å². The summed E-state index contributed by atoms with van der Waals surface area (Å²) in [5.41, 5.74) is 4.23. The molecule has 0 aromatic heterocycles. The average molecular weight is 476 g/mol. The van der Waals surface area contributed by atoms with Gasteiger partial charge >= 0.3 is 0 Å². The number of amidine groups is 1. The van der Waals surface area contributed by atoms with Crippen molar-refractivity contribution in [2.45, 2.75) is 26.8 Å². The van der Waals surface area contributed by atoms with Gasteiger partial charge in [-0.2, -0.15) is 5.26 Å². The highest BCUT2D eigenvalue weighted by Crippen LogP contribution is 2.45. The van der Waals surface area contributed by atoms with Crippen LogP contribution in [0.5, 0.6) is 0 Å². The zero-order valence-corrected chi connectivity index (χ0v) is 20.5. The Labute approximate surface area is 203 Å². The van der Waals surface area contributed by atoms with Crippen molar-refractivity contribution >= 4 is 46.0 Å². The van der Waals surface area contributed by atoms with E-state index in [4.69, 9.17) is 4.99 Å². The van der Waals surface area contributed by atoms with Crippen LogP contribution in [-0.4, -0.2) is 34.5 Å². The summed E-state index contributed by atoms with van der Waals surface area (Å²) in [7, 11) is 2.00. The predicted molar refractivity (Wildman–Crippen MR) is 138 cm³/mol. The summed E-state index contributed by atoms with van der Waals surface area (Å²) in [6, 6.07) is 17.5. The molecule has 33 heavy (non-hydrogen) atoms. The van der Waals surface area contributed by atoms with Crippen molar-refractivity contribution in [3.8, 4) is 6.07 Å². The largest absolute Gasteiger partial charge is 0.384 e. The topological polar surface area (TPSA) is 71.7 Å². The minimum atomic E-state index is -0.0517. The van der Waals surface area contributed by atoms with Crippen molar-refractivity contribution in [3.05, 3.63) is 80.7 Å². The van der Waals surface area contributed by atoms with Gasteiger partial charge in [0.2, 0.25) is 0 Å². The molecule has 2 aromatic rings. The Balaban J connectivity index is 1.78. The van der Waals surface area contributed by atoms with E-state index in [2.05, 4.69) is 28.6 Å². The van der Waals surface area contributed by atoms with Gasteiger partial charge in [-0.05, 0) is 54.3 Å². The Hall–Kier alpha value is -3.15. The molecule has 0 unspecified atom stereocenters. The number of aliphatic imine (C=N–C) groups is 1. The fourth-order valence-electron chi connectivity index (χ4n) is 3.60. The first kappa shape index (κ1) is 23.0. The second-order valence-corrected chi connectivity index (χ2v) is 9.36. The third-order valence-corrected chi connectivity index (χ3v) is 7.64. The highest BCUT2D eigenvalue weighted by Gasteiger charge is 2.38. The molecule has 1 fully saturated rings. The Morgan fingerprint density at radius 1 is 1.15 bits per heavy atom. The lowest BCUT2D eigenvalue weighted by molar-refractivity contribution is -0.122. The SMILES string of the molecule is CCNc1ccc(C#N)cc1N=C1SC(=C2SC=C(CC)N2C)C(=O)N1Cc1ccccc1. The van der Waals surface area contributed by atoms with E-state index in [9.17, 15) is 10.1 Å². The second kappa shape index (κ2) is 10.2. The van der Waals surface area contributed by atoms with Gasteiger partial charge in [0.15, 0.2) is 5.17 Å². The van der Waals surface area contributed by atoms with Crippen LogP contribution in [0, 0.1) is 11.3 Å². The predicted octanol–water partition coefficient (Wildman–Crippen LogP) is 5.85. The minimum Gasteiger partial charge on any atom is -0.384 e. The van der Waals surface area contributed by atoms with Crippen LogP contribution >= 0.6 is 23.5 Å². The molecule has 4 rings (SSSR count). The van der Waals surface area contributed by atoms with Gasteiger partial charge in [0.1, 0.15) is 4.91 Å². The van der Waals surface area contributed by atoms with E-state index in [-0.39, 0.29) is 5.91 Å². The summed E-state index contributed by atoms with van der Waals surface area (Å²) >= 11 is 2.98. The van der Waals surface area contributed by atoms with Gasteiger partial charge in [-0.3, -0.25) is 9.69 Å². The van der Waals surface area contributed by atoms with Crippen LogP contribution in [0.1, 0.15) is 31.4 Å². The summed E-state index contributed by atoms with van der Waals surface area (Å²) in [6.45, 7) is 5.28. The standard InChI is InChI=1S/C25H25N5OS2/c1-4-19-16-32-24(29(19)3)22-23(31)30(15-17-9-7-6-8-10-17)25(33-22)28-21-13-18(14-26)11-12-20(21)27-5-2/h6-13,16,27H,4-5,15H2,1-3H3. The fourth-order valence-corrected chi connectivity index (χ4v) is 5.92. The van der Waals surface area contributed by atoms with E-state index < -0.39 is 0 Å². The lowest BCUT2D eigenvalue weighted by atomic mass is 10.2. The number of hydrogen-bond acceptors (Lipinski definition) is 7. The van der Waals surface area contributed by atoms with Crippen molar-refractivity contribution in [2.24, 2.45) is 4.99 Å². The number of rotatable bonds is 6. The first-order valence-electron chi connectivity index (χ1n) is 10.8. The van der Waals surface area contributed by atoms with Crippen LogP contribution in [0.15, 0.2) is 74.6 Å². The smallest absolute Gasteiger partial charge is 0.269 e. The highest BCUT2D eigenvalue weighted by molar-refractivity contribution is 8.19. The van der Waals surface area contributed by atoms with E-state index in [0.717, 1.165) is 29.2 Å². The molecular formula is C25H25N5OS2. The molecule has 8 heteroatoms. The number of carbonyl (C=O) groups excluding carboxylic acids is 1. The molecule has 0 atom stereocenters. The minimum absolute atomic E-state index is 0.0517. The van der Waals surface area contributed by atoms with Gasteiger partial charge in [-0.15, -0.1) is 0 Å². The first-order chi connectivity index (χ1) is 16.0. The van der Waals surface area contributed by atoms with Gasteiger partial charge in [0, 0.05) is 19.3 Å². The molecule has 0 saturated carbocycles. The van der Waals surface area contributed by atoms with Crippen molar-refractivity contribution in [2.75, 3.05) is 18.9 Å². The number of thioether (sulfide) groups is 2. The van der Waals surface area contributed by atoms with Crippen LogP contribution in [0.3, 0.4) is 0 Å². The number of carbonyl (C=O) groups is 1. The summed E-state index contributed by atoms with van der Waals surface area (Å²) < 4.78 is 0. The van der Waals surface area contributed by atoms with E-state index in [1.54, 1.807) is 28.8 Å². The maximum atomic E-state index is 13.6. The monoisotopic (exact) mass is 475 g/mol. The molecule has 2 aromatic carbocycles. The second-order valence-electron chi connectivity index (χ2n) is 7.52. The number of nitriles is 1. The van der Waals surface area contributed by atoms with Gasteiger partial charge < -0.3 is 10.2 Å². The normalized spacial score (nSPS) is 19.3. The molecule has 168 valence electrons. The average Bonchev–Trinajstić information content (AvgIpc) is 3.35. The van der Waals surface area contributed by atoms with Gasteiger partial charge in [0.05, 0.1) is 34.6 Å². The molecule has 6 nitrogen and oxygen atoms in total. The maximum absolute atomic E-state index is 13.6. The van der Waals surface area contributed by atoms with E-state index in [0.29, 0.717) is 27.9 Å². The molecule has 1 saturated heterocycles. The molecule has 0 bridgehead atoms. The van der Waals surface area contributed by atoms with Gasteiger partial charge in [0.25, 0.3) is 5.91 Å². The van der Waals surface area contributed by atoms with Crippen LogP contribution in [0.2, 0.25) is 0 Å². The Kier molecular flexibility index (Phi) is 7.11. The van der Waals surface area contributed by atoms with Crippen LogP contribution < -0.4 is 5.32 Å². The molecule has 2 aliphatic rings. The number of amides is 1. The lowest BCUT2D eigenvalue weighted by Crippen LogP contribution is -2.29. The lowest BCUT2D eigenvalue weighted by Gasteiger charge is -2.18. The van der Waals surface area contributed by atoms with Crippen LogP contribution in [0.4, 0.5) is 11.4 Å². The number of nitrogens with one attached hydrogen (secondary N) is 1. The van der Waals surface area contributed by atoms with Crippen molar-refractivity contribution in [1.29, 1.82) is 5.26 Å². The quantitative estimate of drug-likeness (QED) is 0.528. The van der Waals surface area contributed by atoms with Crippen molar-refractivity contribution in [3.63, 3.8) is 0 Å². The number of allylic oxidation sites excluding steroid dienone is 1. The first-order valence-corrected chi connectivity index (χ1v) is 12.5. The summed E-state index contributed by atoms with van der Waals surface area (Å²) in [5, 5.41) is 16.3. The van der Waals surface area contributed by atoms with Gasteiger partial charge in [-0.1, -0.05) is 49.0 Å². The molecule has 0 aliphatic carbocycles. The zero-order valence-electron chi connectivity index (χ0n) is 18.8. The molecule has 2 heterocycles. The number of benzene rings is 2. The van der Waals surface area contributed by atoms with E-state index >= 15 is 0 Å². The fraction of sp³-hybridized carbons (Fsp3) is 0.240. The third kappa shape index (κ3) is 4.80. The Morgan fingerprint density at radius 3 is 2.61 bits per heavy atom. The van der Waals surface area contributed by atoms with E-state index in [1.165, 1.54) is 17.5 Å². The summed E-state index contributed by atoms with van der Waals surface area (Å²) in [5.74, 6) is -0.0517. The number of hydrogen-bond donors (Lipinski definition) is 1. The molecule has 0 spiro atoms. The molecule has 1 amide bonds. The molecule has 1 N–H and O–H groups in total. The van der Waals surface area contributed by atoms with Crippen LogP contribution in [0.25, 0.3) is 0 Å². The Bertz CT molecular complexity index is 1200. The zero-order chi connectivity index (χ0) is 23.4. The van der Waals surface area contributed by atoms with Crippen molar-refractivity contribution in [1.82, 2.24) is 9.80 Å². The highest BCUT2D eigenvalue weighted by atomic mass is 32.2. The molecule has 0 radical (unpaired) electrons. The molecular weight excluding hydrogens is 450 g/mol. The summed E-state index contributed by atoms with van der Waals surface area (Å²) in [6.07, 6.45) is 0.904. The van der Waals surface area contributed by atoms with Crippen molar-refractivity contribution < 1.29 is 4.79 Å². The number of nitrogens with zero attached hydrogens (tertiary/aromatic N) is 4. The number of anilines is 1. The van der Waals surface area contributed by atoms with Crippen LogP contribution in [-0.2, 0) is 11.3 Å². The summed E-state index contributed by atoms with van der Waals surface area (Å²) in [4.78, 5) is 23.0. The Morgan fingerprint density at radius 2 is 1.94 bits per heavy atom. The molecule has 2 aliphatic heterocycles. The third-order valence-electron chi connectivity index (χ3n) is 5.36.